The van der Waals surface area contributed by atoms with Crippen LogP contribution in [-0.2, 0) is 0 Å². The van der Waals surface area contributed by atoms with Crippen molar-refractivity contribution in [2.45, 2.75) is 19.9 Å². The molecule has 1 amide bonds. The van der Waals surface area contributed by atoms with Crippen LogP contribution in [0.25, 0.3) is 0 Å². The van der Waals surface area contributed by atoms with Gasteiger partial charge in [-0.05, 0) is 37.1 Å². The molecule has 3 aromatic rings. The minimum atomic E-state index is 0.146. The molecule has 4 rings (SSSR count). The molecule has 0 aliphatic carbocycles. The Kier molecular flexibility index (Phi) is 5.77. The van der Waals surface area contributed by atoms with E-state index in [-0.39, 0.29) is 11.9 Å². The highest BCUT2D eigenvalue weighted by molar-refractivity contribution is 5.94. The monoisotopic (exact) mass is 384 g/mol. The summed E-state index contributed by atoms with van der Waals surface area (Å²) in [6, 6.07) is 27.7. The third-order valence-corrected chi connectivity index (χ3v) is 5.67. The number of amides is 1. The Hall–Kier alpha value is -2.91. The summed E-state index contributed by atoms with van der Waals surface area (Å²) in [6.07, 6.45) is 0. The van der Waals surface area contributed by atoms with Crippen LogP contribution in [-0.4, -0.2) is 41.9 Å². The molecule has 0 N–H and O–H groups in total. The van der Waals surface area contributed by atoms with Gasteiger partial charge in [0.1, 0.15) is 0 Å². The molecule has 0 bridgehead atoms. The van der Waals surface area contributed by atoms with Crippen LogP contribution in [0.15, 0.2) is 78.9 Å². The second-order valence-electron chi connectivity index (χ2n) is 7.93. The van der Waals surface area contributed by atoms with Gasteiger partial charge in [0.15, 0.2) is 0 Å². The van der Waals surface area contributed by atoms with E-state index in [0.29, 0.717) is 0 Å². The fourth-order valence-corrected chi connectivity index (χ4v) is 4.35. The summed E-state index contributed by atoms with van der Waals surface area (Å²) in [4.78, 5) is 17.5. The van der Waals surface area contributed by atoms with E-state index in [1.54, 1.807) is 0 Å². The number of carbonyl (C=O) groups excluding carboxylic acids is 1. The van der Waals surface area contributed by atoms with Gasteiger partial charge in [0.2, 0.25) is 0 Å². The van der Waals surface area contributed by atoms with Crippen molar-refractivity contribution in [3.63, 3.8) is 0 Å². The van der Waals surface area contributed by atoms with Gasteiger partial charge in [-0.25, -0.2) is 0 Å². The fourth-order valence-electron chi connectivity index (χ4n) is 4.35. The zero-order valence-corrected chi connectivity index (χ0v) is 17.2. The van der Waals surface area contributed by atoms with Gasteiger partial charge in [-0.2, -0.15) is 0 Å². The molecular formula is C26H28N2O. The number of benzene rings is 3. The number of aryl methyl sites for hydroxylation is 2. The van der Waals surface area contributed by atoms with Crippen LogP contribution in [0.5, 0.6) is 0 Å². The quantitative estimate of drug-likeness (QED) is 0.642. The molecule has 0 spiro atoms. The molecule has 0 atom stereocenters. The lowest BCUT2D eigenvalue weighted by Gasteiger charge is -2.40. The van der Waals surface area contributed by atoms with Crippen molar-refractivity contribution in [1.82, 2.24) is 9.80 Å². The van der Waals surface area contributed by atoms with Crippen molar-refractivity contribution < 1.29 is 4.79 Å². The van der Waals surface area contributed by atoms with E-state index in [4.69, 9.17) is 0 Å². The van der Waals surface area contributed by atoms with Crippen LogP contribution in [0, 0.1) is 13.8 Å². The summed E-state index contributed by atoms with van der Waals surface area (Å²) in [5, 5.41) is 0. The number of piperazine rings is 1. The zero-order chi connectivity index (χ0) is 20.2. The Labute approximate surface area is 173 Å². The molecule has 1 aliphatic rings. The Morgan fingerprint density at radius 3 is 1.69 bits per heavy atom. The molecule has 0 radical (unpaired) electrons. The van der Waals surface area contributed by atoms with Crippen molar-refractivity contribution in [1.29, 1.82) is 0 Å². The molecule has 0 unspecified atom stereocenters. The maximum absolute atomic E-state index is 13.0. The minimum Gasteiger partial charge on any atom is -0.336 e. The van der Waals surface area contributed by atoms with Gasteiger partial charge >= 0.3 is 0 Å². The third-order valence-electron chi connectivity index (χ3n) is 5.67. The minimum absolute atomic E-state index is 0.146. The lowest BCUT2D eigenvalue weighted by atomic mass is 9.96. The van der Waals surface area contributed by atoms with Crippen LogP contribution in [0.3, 0.4) is 0 Å². The molecule has 1 fully saturated rings. The fraction of sp³-hybridized carbons (Fsp3) is 0.269. The second kappa shape index (κ2) is 8.62. The molecule has 3 aromatic carbocycles. The predicted molar refractivity (Wildman–Crippen MR) is 118 cm³/mol. The molecule has 0 aromatic heterocycles. The van der Waals surface area contributed by atoms with E-state index in [1.807, 2.05) is 30.9 Å². The topological polar surface area (TPSA) is 23.6 Å². The summed E-state index contributed by atoms with van der Waals surface area (Å²) in [6.45, 7) is 7.33. The van der Waals surface area contributed by atoms with Crippen LogP contribution >= 0.6 is 0 Å². The average Bonchev–Trinajstić information content (AvgIpc) is 2.75. The molecule has 29 heavy (non-hydrogen) atoms. The standard InChI is InChI=1S/C26H28N2O/c1-20-17-21(2)19-24(18-20)26(29)28-15-13-27(14-16-28)25(22-9-5-3-6-10-22)23-11-7-4-8-12-23/h3-12,17-19,25H,13-16H2,1-2H3. The summed E-state index contributed by atoms with van der Waals surface area (Å²) in [5.41, 5.74) is 5.68. The van der Waals surface area contributed by atoms with E-state index >= 15 is 0 Å². The first-order chi connectivity index (χ1) is 14.1. The summed E-state index contributed by atoms with van der Waals surface area (Å²) in [7, 11) is 0. The van der Waals surface area contributed by atoms with Gasteiger partial charge in [0, 0.05) is 31.7 Å². The first-order valence-electron chi connectivity index (χ1n) is 10.3. The van der Waals surface area contributed by atoms with E-state index in [2.05, 4.69) is 71.6 Å². The molecule has 148 valence electrons. The maximum atomic E-state index is 13.0. The molecule has 3 nitrogen and oxygen atoms in total. The Morgan fingerprint density at radius 2 is 1.21 bits per heavy atom. The smallest absolute Gasteiger partial charge is 0.253 e. The van der Waals surface area contributed by atoms with Crippen LogP contribution in [0.2, 0.25) is 0 Å². The Morgan fingerprint density at radius 1 is 0.724 bits per heavy atom. The van der Waals surface area contributed by atoms with Gasteiger partial charge in [-0.15, -0.1) is 0 Å². The van der Waals surface area contributed by atoms with Crippen molar-refractivity contribution in [2.24, 2.45) is 0 Å². The molecule has 1 aliphatic heterocycles. The highest BCUT2D eigenvalue weighted by Crippen LogP contribution is 2.29. The van der Waals surface area contributed by atoms with Crippen molar-refractivity contribution >= 4 is 5.91 Å². The summed E-state index contributed by atoms with van der Waals surface area (Å²) < 4.78 is 0. The number of nitrogens with zero attached hydrogens (tertiary/aromatic N) is 2. The number of carbonyl (C=O) groups is 1. The Bertz CT molecular complexity index is 901. The van der Waals surface area contributed by atoms with Gasteiger partial charge in [-0.1, -0.05) is 77.9 Å². The maximum Gasteiger partial charge on any atom is 0.253 e. The molecular weight excluding hydrogens is 356 g/mol. The van der Waals surface area contributed by atoms with E-state index in [9.17, 15) is 4.79 Å². The van der Waals surface area contributed by atoms with E-state index < -0.39 is 0 Å². The normalized spacial score (nSPS) is 14.9. The molecule has 1 heterocycles. The van der Waals surface area contributed by atoms with Gasteiger partial charge in [-0.3, -0.25) is 9.69 Å². The van der Waals surface area contributed by atoms with Crippen molar-refractivity contribution in [3.05, 3.63) is 107 Å². The highest BCUT2D eigenvalue weighted by atomic mass is 16.2. The number of hydrogen-bond acceptors (Lipinski definition) is 2. The SMILES string of the molecule is Cc1cc(C)cc(C(=O)N2CCN(C(c3ccccc3)c3ccccc3)CC2)c1. The lowest BCUT2D eigenvalue weighted by Crippen LogP contribution is -2.49. The third kappa shape index (κ3) is 4.41. The van der Waals surface area contributed by atoms with Crippen molar-refractivity contribution in [2.75, 3.05) is 26.2 Å². The molecule has 1 saturated heterocycles. The van der Waals surface area contributed by atoms with Crippen LogP contribution in [0.1, 0.15) is 38.7 Å². The molecule has 3 heteroatoms. The van der Waals surface area contributed by atoms with E-state index in [0.717, 1.165) is 42.9 Å². The van der Waals surface area contributed by atoms with E-state index in [1.165, 1.54) is 11.1 Å². The number of rotatable bonds is 4. The average molecular weight is 385 g/mol. The number of hydrogen-bond donors (Lipinski definition) is 0. The lowest BCUT2D eigenvalue weighted by molar-refractivity contribution is 0.0597. The first kappa shape index (κ1) is 19.4. The summed E-state index contributed by atoms with van der Waals surface area (Å²) >= 11 is 0. The predicted octanol–water partition coefficient (Wildman–Crippen LogP) is 4.85. The molecule has 0 saturated carbocycles. The van der Waals surface area contributed by atoms with Gasteiger partial charge in [0.25, 0.3) is 5.91 Å². The zero-order valence-electron chi connectivity index (χ0n) is 17.2. The van der Waals surface area contributed by atoms with Gasteiger partial charge < -0.3 is 4.90 Å². The second-order valence-corrected chi connectivity index (χ2v) is 7.93. The Balaban J connectivity index is 1.52. The first-order valence-corrected chi connectivity index (χ1v) is 10.3. The van der Waals surface area contributed by atoms with Gasteiger partial charge in [0.05, 0.1) is 6.04 Å². The van der Waals surface area contributed by atoms with Crippen LogP contribution in [0.4, 0.5) is 0 Å². The van der Waals surface area contributed by atoms with Crippen LogP contribution < -0.4 is 0 Å². The largest absolute Gasteiger partial charge is 0.336 e. The highest BCUT2D eigenvalue weighted by Gasteiger charge is 2.28. The summed E-state index contributed by atoms with van der Waals surface area (Å²) in [5.74, 6) is 0.146. The van der Waals surface area contributed by atoms with Crippen molar-refractivity contribution in [3.8, 4) is 0 Å².